The van der Waals surface area contributed by atoms with Crippen LogP contribution in [0, 0.1) is 5.92 Å². The van der Waals surface area contributed by atoms with E-state index in [0.29, 0.717) is 30.8 Å². The molecule has 0 aromatic heterocycles. The molecule has 0 heterocycles. The van der Waals surface area contributed by atoms with Gasteiger partial charge in [0.2, 0.25) is 0 Å². The van der Waals surface area contributed by atoms with E-state index in [2.05, 4.69) is 0 Å². The first-order valence-corrected chi connectivity index (χ1v) is 10.3. The summed E-state index contributed by atoms with van der Waals surface area (Å²) in [6.07, 6.45) is 1.70. The predicted molar refractivity (Wildman–Crippen MR) is 118 cm³/mol. The van der Waals surface area contributed by atoms with Crippen molar-refractivity contribution in [3.05, 3.63) is 102 Å². The molecule has 0 aliphatic carbocycles. The lowest BCUT2D eigenvalue weighted by atomic mass is 9.97. The number of rotatable bonds is 11. The van der Waals surface area contributed by atoms with Crippen molar-refractivity contribution < 1.29 is 24.2 Å². The quantitative estimate of drug-likeness (QED) is 0.436. The summed E-state index contributed by atoms with van der Waals surface area (Å²) in [6.45, 7) is 0.515. The molecule has 0 spiro atoms. The fourth-order valence-corrected chi connectivity index (χ4v) is 3.19. The molecule has 3 aromatic rings. The molecule has 0 amide bonds. The number of esters is 1. The van der Waals surface area contributed by atoms with Crippen molar-refractivity contribution in [1.29, 1.82) is 0 Å². The second-order valence-corrected chi connectivity index (χ2v) is 7.28. The maximum absolute atomic E-state index is 12.2. The van der Waals surface area contributed by atoms with Crippen molar-refractivity contribution in [2.24, 2.45) is 5.92 Å². The molecule has 1 atom stereocenters. The number of hydrogen-bond acceptors (Lipinski definition) is 4. The second kappa shape index (κ2) is 11.6. The van der Waals surface area contributed by atoms with Crippen LogP contribution in [-0.4, -0.2) is 23.7 Å². The summed E-state index contributed by atoms with van der Waals surface area (Å²) in [5.41, 5.74) is 2.50. The van der Waals surface area contributed by atoms with Crippen molar-refractivity contribution in [3.63, 3.8) is 0 Å². The Morgan fingerprint density at radius 3 is 2.00 bits per heavy atom. The van der Waals surface area contributed by atoms with E-state index in [0.717, 1.165) is 17.5 Å². The van der Waals surface area contributed by atoms with Gasteiger partial charge in [-0.2, -0.15) is 0 Å². The predicted octanol–water partition coefficient (Wildman–Crippen LogP) is 5.15. The summed E-state index contributed by atoms with van der Waals surface area (Å²) in [5.74, 6) is -1.09. The number of hydrogen-bond donors (Lipinski definition) is 1. The Labute approximate surface area is 182 Å². The van der Waals surface area contributed by atoms with Gasteiger partial charge < -0.3 is 14.6 Å². The van der Waals surface area contributed by atoms with E-state index in [4.69, 9.17) is 9.47 Å². The zero-order valence-corrected chi connectivity index (χ0v) is 17.3. The number of aryl methyl sites for hydroxylation is 1. The molecule has 0 aliphatic rings. The van der Waals surface area contributed by atoms with E-state index in [9.17, 15) is 14.7 Å². The highest BCUT2D eigenvalue weighted by Gasteiger charge is 2.17. The number of carbonyl (C=O) groups is 2. The normalized spacial score (nSPS) is 11.5. The van der Waals surface area contributed by atoms with Crippen molar-refractivity contribution >= 4 is 11.9 Å². The van der Waals surface area contributed by atoms with Gasteiger partial charge in [-0.25, -0.2) is 4.79 Å². The Bertz CT molecular complexity index is 952. The van der Waals surface area contributed by atoms with Crippen LogP contribution in [0.15, 0.2) is 84.9 Å². The highest BCUT2D eigenvalue weighted by Crippen LogP contribution is 2.17. The maximum Gasteiger partial charge on any atom is 0.338 e. The number of benzene rings is 3. The number of carbonyl (C=O) groups excluding carboxylic acids is 1. The van der Waals surface area contributed by atoms with Crippen molar-refractivity contribution in [2.75, 3.05) is 6.61 Å². The molecule has 0 saturated carbocycles. The van der Waals surface area contributed by atoms with Crippen LogP contribution in [-0.2, 0) is 22.6 Å². The van der Waals surface area contributed by atoms with Gasteiger partial charge >= 0.3 is 11.9 Å². The van der Waals surface area contributed by atoms with Crippen molar-refractivity contribution in [1.82, 2.24) is 0 Å². The third-order valence-electron chi connectivity index (χ3n) is 5.01. The van der Waals surface area contributed by atoms with Gasteiger partial charge in [0.1, 0.15) is 12.4 Å². The second-order valence-electron chi connectivity index (χ2n) is 7.28. The number of aliphatic carboxylic acids is 1. The summed E-state index contributed by atoms with van der Waals surface area (Å²) in [7, 11) is 0. The number of ether oxygens (including phenoxy) is 2. The van der Waals surface area contributed by atoms with Crippen LogP contribution in [0.3, 0.4) is 0 Å². The standard InChI is InChI=1S/C26H26O5/c27-25(28)22(12-11-20-7-3-1-4-8-20)17-18-30-24-15-13-23(14-16-24)26(29)31-19-21-9-5-2-6-10-21/h1-10,13-16,22H,11-12,17-19H2,(H,27,28). The van der Waals surface area contributed by atoms with E-state index < -0.39 is 17.9 Å². The molecule has 31 heavy (non-hydrogen) atoms. The van der Waals surface area contributed by atoms with Gasteiger partial charge in [0, 0.05) is 0 Å². The first-order chi connectivity index (χ1) is 15.1. The first kappa shape index (κ1) is 22.1. The fourth-order valence-electron chi connectivity index (χ4n) is 3.19. The minimum absolute atomic E-state index is 0.220. The van der Waals surface area contributed by atoms with Gasteiger partial charge in [-0.15, -0.1) is 0 Å². The lowest BCUT2D eigenvalue weighted by molar-refractivity contribution is -0.142. The molecule has 5 nitrogen and oxygen atoms in total. The number of carboxylic acids is 1. The molecule has 3 rings (SSSR count). The highest BCUT2D eigenvalue weighted by atomic mass is 16.5. The summed E-state index contributed by atoms with van der Waals surface area (Å²) in [4.78, 5) is 23.7. The zero-order chi connectivity index (χ0) is 21.9. The van der Waals surface area contributed by atoms with E-state index in [1.165, 1.54) is 0 Å². The average molecular weight is 418 g/mol. The van der Waals surface area contributed by atoms with E-state index >= 15 is 0 Å². The van der Waals surface area contributed by atoms with Crippen LogP contribution in [0.1, 0.15) is 34.3 Å². The lowest BCUT2D eigenvalue weighted by Crippen LogP contribution is -2.17. The minimum Gasteiger partial charge on any atom is -0.494 e. The van der Waals surface area contributed by atoms with Crippen LogP contribution in [0.25, 0.3) is 0 Å². The maximum atomic E-state index is 12.2. The Kier molecular flexibility index (Phi) is 8.23. The SMILES string of the molecule is O=C(OCc1ccccc1)c1ccc(OCCC(CCc2ccccc2)C(=O)O)cc1. The molecular formula is C26H26O5. The van der Waals surface area contributed by atoms with Gasteiger partial charge in [0.05, 0.1) is 18.1 Å². The molecule has 5 heteroatoms. The molecule has 3 aromatic carbocycles. The highest BCUT2D eigenvalue weighted by molar-refractivity contribution is 5.89. The van der Waals surface area contributed by atoms with Crippen LogP contribution < -0.4 is 4.74 Å². The Morgan fingerprint density at radius 1 is 0.774 bits per heavy atom. The van der Waals surface area contributed by atoms with Crippen molar-refractivity contribution in [3.8, 4) is 5.75 Å². The minimum atomic E-state index is -0.809. The van der Waals surface area contributed by atoms with E-state index in [-0.39, 0.29) is 6.61 Å². The van der Waals surface area contributed by atoms with Gasteiger partial charge in [0.15, 0.2) is 0 Å². The van der Waals surface area contributed by atoms with Crippen LogP contribution >= 0.6 is 0 Å². The summed E-state index contributed by atoms with van der Waals surface area (Å²) in [6, 6.07) is 26.0. The third kappa shape index (κ3) is 7.30. The van der Waals surface area contributed by atoms with E-state index in [1.54, 1.807) is 24.3 Å². The average Bonchev–Trinajstić information content (AvgIpc) is 2.81. The molecule has 0 saturated heterocycles. The summed E-state index contributed by atoms with van der Waals surface area (Å²) >= 11 is 0. The smallest absolute Gasteiger partial charge is 0.338 e. The summed E-state index contributed by atoms with van der Waals surface area (Å²) < 4.78 is 11.0. The Morgan fingerprint density at radius 2 is 1.39 bits per heavy atom. The number of carboxylic acid groups (broad SMARTS) is 1. The van der Waals surface area contributed by atoms with Crippen molar-refractivity contribution in [2.45, 2.75) is 25.9 Å². The van der Waals surface area contributed by atoms with Gasteiger partial charge in [-0.05, 0) is 54.7 Å². The molecular weight excluding hydrogens is 392 g/mol. The molecule has 0 bridgehead atoms. The topological polar surface area (TPSA) is 72.8 Å². The first-order valence-electron chi connectivity index (χ1n) is 10.3. The van der Waals surface area contributed by atoms with Gasteiger partial charge in [0.25, 0.3) is 0 Å². The molecule has 0 fully saturated rings. The largest absolute Gasteiger partial charge is 0.494 e. The van der Waals surface area contributed by atoms with Crippen LogP contribution in [0.2, 0.25) is 0 Å². The van der Waals surface area contributed by atoms with Gasteiger partial charge in [-0.3, -0.25) is 4.79 Å². The Hall–Kier alpha value is -3.60. The molecule has 0 radical (unpaired) electrons. The Balaban J connectivity index is 1.43. The molecule has 1 N–H and O–H groups in total. The fraction of sp³-hybridized carbons (Fsp3) is 0.231. The van der Waals surface area contributed by atoms with Crippen LogP contribution in [0.5, 0.6) is 5.75 Å². The van der Waals surface area contributed by atoms with Gasteiger partial charge in [-0.1, -0.05) is 60.7 Å². The third-order valence-corrected chi connectivity index (χ3v) is 5.01. The monoisotopic (exact) mass is 418 g/mol. The summed E-state index contributed by atoms with van der Waals surface area (Å²) in [5, 5.41) is 9.47. The molecule has 1 unspecified atom stereocenters. The zero-order valence-electron chi connectivity index (χ0n) is 17.3. The molecule has 160 valence electrons. The lowest BCUT2D eigenvalue weighted by Gasteiger charge is -2.13. The van der Waals surface area contributed by atoms with E-state index in [1.807, 2.05) is 60.7 Å². The molecule has 0 aliphatic heterocycles. The van der Waals surface area contributed by atoms with Crippen LogP contribution in [0.4, 0.5) is 0 Å².